The Bertz CT molecular complexity index is 707. The molecule has 2 aromatic rings. The number of aromatic nitrogens is 2. The molecule has 0 saturated carbocycles. The van der Waals surface area contributed by atoms with Gasteiger partial charge in [0.25, 0.3) is 5.91 Å². The Morgan fingerprint density at radius 1 is 1.42 bits per heavy atom. The summed E-state index contributed by atoms with van der Waals surface area (Å²) in [6.45, 7) is 3.55. The van der Waals surface area contributed by atoms with E-state index in [0.29, 0.717) is 6.54 Å². The third kappa shape index (κ3) is 3.70. The number of amides is 1. The van der Waals surface area contributed by atoms with E-state index in [1.807, 2.05) is 43.5 Å². The second-order valence-electron chi connectivity index (χ2n) is 5.96. The maximum Gasteiger partial charge on any atom is 0.251 e. The van der Waals surface area contributed by atoms with Gasteiger partial charge in [0.2, 0.25) is 0 Å². The van der Waals surface area contributed by atoms with Crippen molar-refractivity contribution in [1.82, 2.24) is 15.5 Å². The van der Waals surface area contributed by atoms with Crippen LogP contribution in [-0.4, -0.2) is 41.5 Å². The largest absolute Gasteiger partial charge is 0.350 e. The van der Waals surface area contributed by atoms with Gasteiger partial charge in [0.1, 0.15) is 0 Å². The molecule has 126 valence electrons. The number of aryl methyl sites for hydroxylation is 1. The van der Waals surface area contributed by atoms with Gasteiger partial charge in [0.05, 0.1) is 0 Å². The molecule has 0 bridgehead atoms. The monoisotopic (exact) mass is 342 g/mol. The van der Waals surface area contributed by atoms with E-state index < -0.39 is 0 Å². The first kappa shape index (κ1) is 16.8. The molecule has 0 unspecified atom stereocenters. The molecule has 1 saturated heterocycles. The topological polar surface area (TPSA) is 58.1 Å². The number of rotatable bonds is 5. The lowest BCUT2D eigenvalue weighted by Crippen LogP contribution is -2.40. The Labute approximate surface area is 146 Å². The van der Waals surface area contributed by atoms with E-state index in [9.17, 15) is 4.79 Å². The number of nitrogens with one attached hydrogen (secondary N) is 1. The second-order valence-corrected chi connectivity index (χ2v) is 6.84. The molecule has 1 amide bonds. The third-order valence-corrected chi connectivity index (χ3v) is 5.14. The number of carbonyl (C=O) groups excluding carboxylic acids is 1. The lowest BCUT2D eigenvalue weighted by atomic mass is 10.1. The van der Waals surface area contributed by atoms with Gasteiger partial charge < -0.3 is 10.2 Å². The summed E-state index contributed by atoms with van der Waals surface area (Å²) in [6.07, 6.45) is 5.86. The van der Waals surface area contributed by atoms with Crippen molar-refractivity contribution in [2.24, 2.45) is 0 Å². The van der Waals surface area contributed by atoms with Gasteiger partial charge in [-0.2, -0.15) is 5.10 Å². The molecule has 0 radical (unpaired) electrons. The maximum atomic E-state index is 12.6. The quantitative estimate of drug-likeness (QED) is 0.847. The predicted molar refractivity (Wildman–Crippen MR) is 97.7 cm³/mol. The standard InChI is InChI=1S/C18H22N4OS/c1-13-7-8-15(24-2)11-16(13)18(23)19-12-14-5-4-10-22(14)17-6-3-9-20-21-17/h3,6-9,11,14H,4-5,10,12H2,1-2H3,(H,19,23)/t14-/m0/s1. The normalized spacial score (nSPS) is 17.1. The summed E-state index contributed by atoms with van der Waals surface area (Å²) in [6, 6.07) is 10.2. The van der Waals surface area contributed by atoms with Gasteiger partial charge >= 0.3 is 0 Å². The van der Waals surface area contributed by atoms with Crippen LogP contribution in [0.2, 0.25) is 0 Å². The minimum Gasteiger partial charge on any atom is -0.350 e. The van der Waals surface area contributed by atoms with Crippen LogP contribution in [0.5, 0.6) is 0 Å². The van der Waals surface area contributed by atoms with Crippen molar-refractivity contribution in [3.8, 4) is 0 Å². The zero-order valence-electron chi connectivity index (χ0n) is 14.0. The molecule has 1 fully saturated rings. The van der Waals surface area contributed by atoms with E-state index in [2.05, 4.69) is 20.4 Å². The highest BCUT2D eigenvalue weighted by atomic mass is 32.2. The van der Waals surface area contributed by atoms with Gasteiger partial charge in [-0.05, 0) is 55.9 Å². The number of benzene rings is 1. The predicted octanol–water partition coefficient (Wildman–Crippen LogP) is 2.91. The van der Waals surface area contributed by atoms with Crippen LogP contribution >= 0.6 is 11.8 Å². The number of hydrogen-bond acceptors (Lipinski definition) is 5. The molecule has 0 spiro atoms. The van der Waals surface area contributed by atoms with E-state index in [0.717, 1.165) is 41.2 Å². The molecule has 5 nitrogen and oxygen atoms in total. The average molecular weight is 342 g/mol. The summed E-state index contributed by atoms with van der Waals surface area (Å²) in [5, 5.41) is 11.2. The molecule has 0 aliphatic carbocycles. The van der Waals surface area contributed by atoms with Crippen molar-refractivity contribution >= 4 is 23.5 Å². The first-order valence-electron chi connectivity index (χ1n) is 8.16. The molecule has 1 N–H and O–H groups in total. The summed E-state index contributed by atoms with van der Waals surface area (Å²) in [5.74, 6) is 0.879. The molecule has 3 rings (SSSR count). The number of carbonyl (C=O) groups is 1. The number of hydrogen-bond donors (Lipinski definition) is 1. The fraction of sp³-hybridized carbons (Fsp3) is 0.389. The lowest BCUT2D eigenvalue weighted by Gasteiger charge is -2.25. The maximum absolute atomic E-state index is 12.6. The Balaban J connectivity index is 1.66. The summed E-state index contributed by atoms with van der Waals surface area (Å²) in [4.78, 5) is 15.9. The highest BCUT2D eigenvalue weighted by molar-refractivity contribution is 7.98. The molecule has 1 aliphatic heterocycles. The van der Waals surface area contributed by atoms with Gasteiger partial charge in [-0.15, -0.1) is 16.9 Å². The van der Waals surface area contributed by atoms with Crippen LogP contribution in [0.4, 0.5) is 5.82 Å². The van der Waals surface area contributed by atoms with E-state index in [4.69, 9.17) is 0 Å². The third-order valence-electron chi connectivity index (χ3n) is 4.42. The number of anilines is 1. The number of nitrogens with zero attached hydrogens (tertiary/aromatic N) is 3. The molecule has 24 heavy (non-hydrogen) atoms. The van der Waals surface area contributed by atoms with Gasteiger partial charge in [0.15, 0.2) is 5.82 Å². The highest BCUT2D eigenvalue weighted by Gasteiger charge is 2.26. The molecule has 1 aliphatic rings. The van der Waals surface area contributed by atoms with Crippen molar-refractivity contribution in [2.75, 3.05) is 24.2 Å². The highest BCUT2D eigenvalue weighted by Crippen LogP contribution is 2.23. The van der Waals surface area contributed by atoms with Crippen LogP contribution in [0.1, 0.15) is 28.8 Å². The summed E-state index contributed by atoms with van der Waals surface area (Å²) in [5.41, 5.74) is 1.76. The minimum atomic E-state index is -0.00519. The fourth-order valence-corrected chi connectivity index (χ4v) is 3.51. The molecule has 6 heteroatoms. The molecular formula is C18H22N4OS. The SMILES string of the molecule is CSc1ccc(C)c(C(=O)NC[C@@H]2CCCN2c2cccnn2)c1. The van der Waals surface area contributed by atoms with E-state index in [1.54, 1.807) is 18.0 Å². The van der Waals surface area contributed by atoms with Crippen LogP contribution in [0, 0.1) is 6.92 Å². The van der Waals surface area contributed by atoms with Crippen molar-refractivity contribution in [3.63, 3.8) is 0 Å². The average Bonchev–Trinajstić information content (AvgIpc) is 3.09. The zero-order valence-corrected chi connectivity index (χ0v) is 14.8. The van der Waals surface area contributed by atoms with Crippen molar-refractivity contribution in [3.05, 3.63) is 47.7 Å². The first-order valence-corrected chi connectivity index (χ1v) is 9.38. The minimum absolute atomic E-state index is 0.00519. The Kier molecular flexibility index (Phi) is 5.35. The molecule has 1 atom stereocenters. The van der Waals surface area contributed by atoms with E-state index >= 15 is 0 Å². The van der Waals surface area contributed by atoms with E-state index in [1.165, 1.54) is 0 Å². The Hall–Kier alpha value is -2.08. The van der Waals surface area contributed by atoms with Gasteiger partial charge in [-0.1, -0.05) is 6.07 Å². The summed E-state index contributed by atoms with van der Waals surface area (Å²) >= 11 is 1.65. The Morgan fingerprint density at radius 3 is 3.04 bits per heavy atom. The van der Waals surface area contributed by atoms with Gasteiger partial charge in [-0.3, -0.25) is 4.79 Å². The smallest absolute Gasteiger partial charge is 0.251 e. The molecule has 2 heterocycles. The Morgan fingerprint density at radius 2 is 2.29 bits per heavy atom. The first-order chi connectivity index (χ1) is 11.7. The zero-order chi connectivity index (χ0) is 16.9. The summed E-state index contributed by atoms with van der Waals surface area (Å²) in [7, 11) is 0. The van der Waals surface area contributed by atoms with Crippen molar-refractivity contribution in [1.29, 1.82) is 0 Å². The van der Waals surface area contributed by atoms with Crippen LogP contribution in [0.15, 0.2) is 41.4 Å². The van der Waals surface area contributed by atoms with Crippen molar-refractivity contribution in [2.45, 2.75) is 30.7 Å². The fourth-order valence-electron chi connectivity index (χ4n) is 3.07. The lowest BCUT2D eigenvalue weighted by molar-refractivity contribution is 0.0950. The van der Waals surface area contributed by atoms with Crippen molar-refractivity contribution < 1.29 is 4.79 Å². The van der Waals surface area contributed by atoms with E-state index in [-0.39, 0.29) is 11.9 Å². The molecule has 1 aromatic carbocycles. The van der Waals surface area contributed by atoms with Crippen LogP contribution in [-0.2, 0) is 0 Å². The molecular weight excluding hydrogens is 320 g/mol. The van der Waals surface area contributed by atoms with Gasteiger partial charge in [0, 0.05) is 35.8 Å². The summed E-state index contributed by atoms with van der Waals surface area (Å²) < 4.78 is 0. The second kappa shape index (κ2) is 7.66. The van der Waals surface area contributed by atoms with Crippen LogP contribution in [0.25, 0.3) is 0 Å². The van der Waals surface area contributed by atoms with Crippen LogP contribution in [0.3, 0.4) is 0 Å². The molecule has 1 aromatic heterocycles. The van der Waals surface area contributed by atoms with Crippen LogP contribution < -0.4 is 10.2 Å². The number of thioether (sulfide) groups is 1. The van der Waals surface area contributed by atoms with Gasteiger partial charge in [-0.25, -0.2) is 0 Å².